The summed E-state index contributed by atoms with van der Waals surface area (Å²) in [6.45, 7) is 11.8. The Kier molecular flexibility index (Phi) is 12.7. The second-order valence-corrected chi connectivity index (χ2v) is 3.10. The van der Waals surface area contributed by atoms with Crippen LogP contribution in [0.5, 0.6) is 0 Å². The zero-order chi connectivity index (χ0) is 10.7. The van der Waals surface area contributed by atoms with Crippen molar-refractivity contribution in [3.63, 3.8) is 0 Å². The van der Waals surface area contributed by atoms with Crippen molar-refractivity contribution in [2.75, 3.05) is 6.61 Å². The van der Waals surface area contributed by atoms with E-state index in [4.69, 9.17) is 4.74 Å². The third kappa shape index (κ3) is 18.3. The van der Waals surface area contributed by atoms with Gasteiger partial charge in [0.25, 0.3) is 0 Å². The van der Waals surface area contributed by atoms with E-state index in [2.05, 4.69) is 13.5 Å². The molecule has 78 valence electrons. The normalized spacial score (nSPS) is 8.69. The Morgan fingerprint density at radius 1 is 1.46 bits per heavy atom. The van der Waals surface area contributed by atoms with Crippen LogP contribution >= 0.6 is 0 Å². The van der Waals surface area contributed by atoms with Gasteiger partial charge in [-0.3, -0.25) is 4.79 Å². The summed E-state index contributed by atoms with van der Waals surface area (Å²) in [5.41, 5.74) is 0. The van der Waals surface area contributed by atoms with Gasteiger partial charge in [-0.1, -0.05) is 26.8 Å². The summed E-state index contributed by atoms with van der Waals surface area (Å²) in [6.07, 6.45) is 3.49. The quantitative estimate of drug-likeness (QED) is 0.498. The van der Waals surface area contributed by atoms with Crippen LogP contribution in [0.3, 0.4) is 0 Å². The summed E-state index contributed by atoms with van der Waals surface area (Å²) < 4.78 is 4.71. The summed E-state index contributed by atoms with van der Waals surface area (Å²) >= 11 is 0. The van der Waals surface area contributed by atoms with E-state index in [-0.39, 0.29) is 5.97 Å². The lowest BCUT2D eigenvalue weighted by molar-refractivity contribution is -0.143. The topological polar surface area (TPSA) is 26.3 Å². The van der Waals surface area contributed by atoms with Crippen LogP contribution in [0.4, 0.5) is 0 Å². The van der Waals surface area contributed by atoms with Crippen molar-refractivity contribution in [2.45, 2.75) is 40.5 Å². The van der Waals surface area contributed by atoms with E-state index in [1.807, 2.05) is 26.8 Å². The predicted molar refractivity (Wildman–Crippen MR) is 56.6 cm³/mol. The maximum atomic E-state index is 10.6. The first-order valence-corrected chi connectivity index (χ1v) is 4.84. The van der Waals surface area contributed by atoms with E-state index >= 15 is 0 Å². The number of esters is 1. The second kappa shape index (κ2) is 11.2. The molecule has 0 aliphatic carbocycles. The van der Waals surface area contributed by atoms with Crippen LogP contribution in [-0.4, -0.2) is 12.6 Å². The summed E-state index contributed by atoms with van der Waals surface area (Å²) in [6, 6.07) is 0. The second-order valence-electron chi connectivity index (χ2n) is 3.10. The van der Waals surface area contributed by atoms with Crippen molar-refractivity contribution in [3.8, 4) is 0 Å². The number of rotatable bonds is 4. The van der Waals surface area contributed by atoms with Crippen molar-refractivity contribution in [2.24, 2.45) is 5.92 Å². The zero-order valence-electron chi connectivity index (χ0n) is 9.30. The van der Waals surface area contributed by atoms with Gasteiger partial charge in [0.15, 0.2) is 0 Å². The van der Waals surface area contributed by atoms with Gasteiger partial charge in [-0.2, -0.15) is 0 Å². The third-order valence-corrected chi connectivity index (χ3v) is 1.17. The summed E-state index contributed by atoms with van der Waals surface area (Å²) in [7, 11) is 0. The van der Waals surface area contributed by atoms with Gasteiger partial charge in [-0.15, -0.1) is 6.58 Å². The van der Waals surface area contributed by atoms with Crippen molar-refractivity contribution in [1.82, 2.24) is 0 Å². The molecule has 0 fully saturated rings. The van der Waals surface area contributed by atoms with Gasteiger partial charge in [0.1, 0.15) is 0 Å². The average molecular weight is 186 g/mol. The van der Waals surface area contributed by atoms with Gasteiger partial charge in [-0.25, -0.2) is 0 Å². The van der Waals surface area contributed by atoms with Crippen LogP contribution in [0, 0.1) is 5.92 Å². The molecule has 0 rings (SSSR count). The number of ether oxygens (including phenoxy) is 1. The molecule has 2 nitrogen and oxygen atoms in total. The van der Waals surface area contributed by atoms with Gasteiger partial charge in [0.2, 0.25) is 0 Å². The monoisotopic (exact) mass is 186 g/mol. The lowest BCUT2D eigenvalue weighted by Crippen LogP contribution is -2.06. The molecule has 0 N–H and O–H groups in total. The molecule has 0 atom stereocenters. The minimum Gasteiger partial charge on any atom is -0.466 e. The zero-order valence-corrected chi connectivity index (χ0v) is 9.30. The maximum absolute atomic E-state index is 10.6. The molecule has 0 radical (unpaired) electrons. The van der Waals surface area contributed by atoms with Crippen LogP contribution in [-0.2, 0) is 9.53 Å². The van der Waals surface area contributed by atoms with E-state index in [0.717, 1.165) is 6.42 Å². The number of carbonyl (C=O) groups is 1. The molecule has 0 bridgehead atoms. The van der Waals surface area contributed by atoms with Crippen molar-refractivity contribution in [1.29, 1.82) is 0 Å². The van der Waals surface area contributed by atoms with Crippen molar-refractivity contribution < 1.29 is 9.53 Å². The smallest absolute Gasteiger partial charge is 0.306 e. The van der Waals surface area contributed by atoms with E-state index < -0.39 is 0 Å². The first kappa shape index (κ1) is 14.7. The average Bonchev–Trinajstić information content (AvgIpc) is 2.04. The fraction of sp³-hybridized carbons (Fsp3) is 0.727. The molecule has 0 aliphatic heterocycles. The van der Waals surface area contributed by atoms with Crippen LogP contribution in [0.25, 0.3) is 0 Å². The van der Waals surface area contributed by atoms with Gasteiger partial charge in [0, 0.05) is 6.42 Å². The highest BCUT2D eigenvalue weighted by Gasteiger charge is 2.03. The molecule has 0 saturated heterocycles. The number of hydrogen-bond donors (Lipinski definition) is 0. The molecule has 0 aromatic rings. The van der Waals surface area contributed by atoms with Gasteiger partial charge in [-0.05, 0) is 19.3 Å². The largest absolute Gasteiger partial charge is 0.466 e. The van der Waals surface area contributed by atoms with E-state index in [1.165, 1.54) is 0 Å². The highest BCUT2D eigenvalue weighted by molar-refractivity contribution is 5.69. The lowest BCUT2D eigenvalue weighted by atomic mass is 10.1. The summed E-state index contributed by atoms with van der Waals surface area (Å²) in [5, 5.41) is 0. The standard InChI is InChI=1S/C7H14O2.C4H8/c1-4-9-7(8)5-6(2)3;1-3-4-2/h6H,4-5H2,1-3H3;3H,1,4H2,2H3. The Balaban J connectivity index is 0. The molecular formula is C11H22O2. The minimum absolute atomic E-state index is 0.0903. The van der Waals surface area contributed by atoms with E-state index in [9.17, 15) is 4.79 Å². The van der Waals surface area contributed by atoms with Crippen LogP contribution in [0.15, 0.2) is 12.7 Å². The van der Waals surface area contributed by atoms with Crippen LogP contribution in [0.2, 0.25) is 0 Å². The molecule has 0 saturated carbocycles. The van der Waals surface area contributed by atoms with E-state index in [0.29, 0.717) is 18.9 Å². The molecule has 0 unspecified atom stereocenters. The maximum Gasteiger partial charge on any atom is 0.306 e. The molecule has 0 aliphatic rings. The SMILES string of the molecule is C=CCC.CCOC(=O)CC(C)C. The molecule has 13 heavy (non-hydrogen) atoms. The molecule has 0 aromatic carbocycles. The molecule has 0 aromatic heterocycles. The number of carbonyl (C=O) groups excluding carboxylic acids is 1. The highest BCUT2D eigenvalue weighted by Crippen LogP contribution is 1.99. The number of allylic oxidation sites excluding steroid dienone is 1. The van der Waals surface area contributed by atoms with Crippen molar-refractivity contribution >= 4 is 5.97 Å². The van der Waals surface area contributed by atoms with Crippen molar-refractivity contribution in [3.05, 3.63) is 12.7 Å². The first-order valence-electron chi connectivity index (χ1n) is 4.84. The molecule has 0 heterocycles. The Labute approximate surface area is 82.0 Å². The lowest BCUT2D eigenvalue weighted by Gasteiger charge is -2.02. The summed E-state index contributed by atoms with van der Waals surface area (Å²) in [5.74, 6) is 0.316. The molecule has 2 heteroatoms. The highest BCUT2D eigenvalue weighted by atomic mass is 16.5. The Hall–Kier alpha value is -0.790. The molecule has 0 spiro atoms. The third-order valence-electron chi connectivity index (χ3n) is 1.17. The molecule has 0 amide bonds. The van der Waals surface area contributed by atoms with Gasteiger partial charge < -0.3 is 4.74 Å². The van der Waals surface area contributed by atoms with Gasteiger partial charge in [0.05, 0.1) is 6.61 Å². The number of hydrogen-bond acceptors (Lipinski definition) is 2. The van der Waals surface area contributed by atoms with E-state index in [1.54, 1.807) is 0 Å². The summed E-state index contributed by atoms with van der Waals surface area (Å²) in [4.78, 5) is 10.6. The Bertz CT molecular complexity index is 128. The predicted octanol–water partition coefficient (Wildman–Crippen LogP) is 3.18. The first-order chi connectivity index (χ1) is 6.08. The molecular weight excluding hydrogens is 164 g/mol. The Morgan fingerprint density at radius 3 is 2.15 bits per heavy atom. The van der Waals surface area contributed by atoms with Gasteiger partial charge >= 0.3 is 5.97 Å². The Morgan fingerprint density at radius 2 is 1.92 bits per heavy atom. The van der Waals surface area contributed by atoms with Crippen LogP contribution in [0.1, 0.15) is 40.5 Å². The fourth-order valence-electron chi connectivity index (χ4n) is 0.553. The minimum atomic E-state index is -0.0903. The van der Waals surface area contributed by atoms with Crippen LogP contribution < -0.4 is 0 Å². The fourth-order valence-corrected chi connectivity index (χ4v) is 0.553.